The first kappa shape index (κ1) is 8.78. The highest BCUT2D eigenvalue weighted by molar-refractivity contribution is 5.72. The van der Waals surface area contributed by atoms with E-state index in [9.17, 15) is 0 Å². The quantitative estimate of drug-likeness (QED) is 0.595. The van der Waals surface area contributed by atoms with Crippen molar-refractivity contribution < 1.29 is 0 Å². The largest absolute Gasteiger partial charge is 0.336 e. The summed E-state index contributed by atoms with van der Waals surface area (Å²) in [5.41, 5.74) is 2.40. The SMILES string of the molecule is C=Nc1c(/C(C)=C\C)ccn1C. The predicted molar refractivity (Wildman–Crippen MR) is 53.9 cm³/mol. The summed E-state index contributed by atoms with van der Waals surface area (Å²) in [7, 11) is 1.97. The molecule has 0 amide bonds. The summed E-state index contributed by atoms with van der Waals surface area (Å²) in [6.45, 7) is 7.64. The van der Waals surface area contributed by atoms with E-state index in [0.717, 1.165) is 11.4 Å². The maximum Gasteiger partial charge on any atom is 0.139 e. The predicted octanol–water partition coefficient (Wildman–Crippen LogP) is 2.78. The minimum atomic E-state index is 0.936. The van der Waals surface area contributed by atoms with Crippen LogP contribution >= 0.6 is 0 Å². The van der Waals surface area contributed by atoms with Crippen molar-refractivity contribution >= 4 is 18.1 Å². The molecule has 0 aliphatic rings. The second-order valence-corrected chi connectivity index (χ2v) is 2.79. The van der Waals surface area contributed by atoms with E-state index >= 15 is 0 Å². The number of rotatable bonds is 2. The van der Waals surface area contributed by atoms with E-state index in [-0.39, 0.29) is 0 Å². The average Bonchev–Trinajstić information content (AvgIpc) is 2.45. The van der Waals surface area contributed by atoms with Gasteiger partial charge in [-0.05, 0) is 32.2 Å². The summed E-state index contributed by atoms with van der Waals surface area (Å²) in [5, 5.41) is 0. The molecule has 2 nitrogen and oxygen atoms in total. The van der Waals surface area contributed by atoms with Gasteiger partial charge >= 0.3 is 0 Å². The number of hydrogen-bond acceptors (Lipinski definition) is 1. The molecule has 0 fully saturated rings. The molecule has 0 radical (unpaired) electrons. The van der Waals surface area contributed by atoms with Crippen LogP contribution in [0.15, 0.2) is 23.3 Å². The molecular formula is C10H14N2. The highest BCUT2D eigenvalue weighted by Crippen LogP contribution is 2.25. The molecule has 0 unspecified atom stereocenters. The van der Waals surface area contributed by atoms with Gasteiger partial charge in [-0.3, -0.25) is 0 Å². The number of aromatic nitrogens is 1. The van der Waals surface area contributed by atoms with Gasteiger partial charge in [0.15, 0.2) is 0 Å². The van der Waals surface area contributed by atoms with E-state index in [2.05, 4.69) is 30.8 Å². The molecule has 0 atom stereocenters. The molecule has 1 rings (SSSR count). The Bertz CT molecular complexity index is 319. The standard InChI is InChI=1S/C10H14N2/c1-5-8(2)9-6-7-12(4)10(9)11-3/h5-7H,3H2,1-2,4H3/b8-5-. The van der Waals surface area contributed by atoms with E-state index in [1.54, 1.807) is 0 Å². The second kappa shape index (κ2) is 3.39. The smallest absolute Gasteiger partial charge is 0.139 e. The molecular weight excluding hydrogens is 148 g/mol. The van der Waals surface area contributed by atoms with Crippen LogP contribution in [0.2, 0.25) is 0 Å². The summed E-state index contributed by atoms with van der Waals surface area (Å²) < 4.78 is 1.97. The van der Waals surface area contributed by atoms with E-state index < -0.39 is 0 Å². The maximum absolute atomic E-state index is 3.97. The fourth-order valence-corrected chi connectivity index (χ4v) is 1.18. The molecule has 64 valence electrons. The number of nitrogens with zero attached hydrogens (tertiary/aromatic N) is 2. The Kier molecular flexibility index (Phi) is 2.48. The zero-order valence-corrected chi connectivity index (χ0v) is 7.83. The highest BCUT2D eigenvalue weighted by atomic mass is 15.0. The Morgan fingerprint density at radius 2 is 2.33 bits per heavy atom. The Labute approximate surface area is 73.2 Å². The lowest BCUT2D eigenvalue weighted by molar-refractivity contribution is 0.926. The molecule has 0 aromatic carbocycles. The number of allylic oxidation sites excluding steroid dienone is 2. The zero-order valence-electron chi connectivity index (χ0n) is 7.83. The molecule has 0 saturated carbocycles. The summed E-state index contributed by atoms with van der Waals surface area (Å²) in [4.78, 5) is 3.97. The maximum atomic E-state index is 3.97. The molecule has 1 heterocycles. The van der Waals surface area contributed by atoms with Crippen molar-refractivity contribution in [1.82, 2.24) is 4.57 Å². The monoisotopic (exact) mass is 162 g/mol. The van der Waals surface area contributed by atoms with E-state index in [0.29, 0.717) is 0 Å². The van der Waals surface area contributed by atoms with Gasteiger partial charge in [0.1, 0.15) is 5.82 Å². The van der Waals surface area contributed by atoms with Crippen molar-refractivity contribution in [2.45, 2.75) is 13.8 Å². The lowest BCUT2D eigenvalue weighted by Gasteiger charge is -2.00. The van der Waals surface area contributed by atoms with Crippen LogP contribution in [0.4, 0.5) is 5.82 Å². The normalized spacial score (nSPS) is 11.8. The first-order valence-corrected chi connectivity index (χ1v) is 3.96. The molecule has 0 bridgehead atoms. The van der Waals surface area contributed by atoms with Gasteiger partial charge in [0.25, 0.3) is 0 Å². The van der Waals surface area contributed by atoms with E-state index in [1.807, 2.05) is 24.7 Å². The van der Waals surface area contributed by atoms with Gasteiger partial charge in [0.2, 0.25) is 0 Å². The summed E-state index contributed by atoms with van der Waals surface area (Å²) in [6.07, 6.45) is 4.07. The van der Waals surface area contributed by atoms with Crippen LogP contribution in [-0.2, 0) is 7.05 Å². The van der Waals surface area contributed by atoms with Gasteiger partial charge in [-0.15, -0.1) is 0 Å². The van der Waals surface area contributed by atoms with Gasteiger partial charge in [0, 0.05) is 18.8 Å². The number of aryl methyl sites for hydroxylation is 1. The molecule has 12 heavy (non-hydrogen) atoms. The fraction of sp³-hybridized carbons (Fsp3) is 0.300. The van der Waals surface area contributed by atoms with Crippen molar-refractivity contribution in [3.05, 3.63) is 23.9 Å². The zero-order chi connectivity index (χ0) is 9.14. The fourth-order valence-electron chi connectivity index (χ4n) is 1.18. The molecule has 2 heteroatoms. The van der Waals surface area contributed by atoms with Gasteiger partial charge in [0.05, 0.1) is 0 Å². The first-order chi connectivity index (χ1) is 5.70. The van der Waals surface area contributed by atoms with Crippen LogP contribution in [0.1, 0.15) is 19.4 Å². The minimum Gasteiger partial charge on any atom is -0.336 e. The van der Waals surface area contributed by atoms with E-state index in [1.165, 1.54) is 5.57 Å². The Balaban J connectivity index is 3.24. The van der Waals surface area contributed by atoms with Gasteiger partial charge in [-0.25, -0.2) is 4.99 Å². The Morgan fingerprint density at radius 3 is 2.83 bits per heavy atom. The lowest BCUT2D eigenvalue weighted by atomic mass is 10.1. The lowest BCUT2D eigenvalue weighted by Crippen LogP contribution is -1.84. The second-order valence-electron chi connectivity index (χ2n) is 2.79. The molecule has 0 saturated heterocycles. The number of hydrogen-bond donors (Lipinski definition) is 0. The third-order valence-corrected chi connectivity index (χ3v) is 2.05. The summed E-state index contributed by atoms with van der Waals surface area (Å²) in [6, 6.07) is 2.05. The van der Waals surface area contributed by atoms with Gasteiger partial charge < -0.3 is 4.57 Å². The number of aliphatic imine (C=N–C) groups is 1. The van der Waals surface area contributed by atoms with E-state index in [4.69, 9.17) is 0 Å². The van der Waals surface area contributed by atoms with Crippen molar-refractivity contribution in [2.75, 3.05) is 0 Å². The average molecular weight is 162 g/mol. The Morgan fingerprint density at radius 1 is 1.67 bits per heavy atom. The summed E-state index contributed by atoms with van der Waals surface area (Å²) >= 11 is 0. The highest BCUT2D eigenvalue weighted by Gasteiger charge is 2.04. The molecule has 0 spiro atoms. The molecule has 1 aromatic rings. The molecule has 1 aromatic heterocycles. The van der Waals surface area contributed by atoms with Crippen LogP contribution in [0.25, 0.3) is 5.57 Å². The molecule has 0 aliphatic heterocycles. The molecule has 0 aliphatic carbocycles. The minimum absolute atomic E-state index is 0.936. The van der Waals surface area contributed by atoms with Crippen molar-refractivity contribution in [3.63, 3.8) is 0 Å². The third-order valence-electron chi connectivity index (χ3n) is 2.05. The molecule has 0 N–H and O–H groups in total. The Hall–Kier alpha value is -1.31. The van der Waals surface area contributed by atoms with Crippen LogP contribution in [0.5, 0.6) is 0 Å². The van der Waals surface area contributed by atoms with Crippen LogP contribution in [0, 0.1) is 0 Å². The van der Waals surface area contributed by atoms with Crippen molar-refractivity contribution in [2.24, 2.45) is 12.0 Å². The van der Waals surface area contributed by atoms with Crippen LogP contribution < -0.4 is 0 Å². The van der Waals surface area contributed by atoms with Crippen LogP contribution in [-0.4, -0.2) is 11.3 Å². The van der Waals surface area contributed by atoms with Gasteiger partial charge in [-0.1, -0.05) is 6.08 Å². The summed E-state index contributed by atoms with van der Waals surface area (Å²) in [5.74, 6) is 0.936. The van der Waals surface area contributed by atoms with Crippen molar-refractivity contribution in [1.29, 1.82) is 0 Å². The first-order valence-electron chi connectivity index (χ1n) is 3.96. The van der Waals surface area contributed by atoms with Crippen LogP contribution in [0.3, 0.4) is 0 Å². The third kappa shape index (κ3) is 1.33. The van der Waals surface area contributed by atoms with Crippen molar-refractivity contribution in [3.8, 4) is 0 Å². The van der Waals surface area contributed by atoms with Gasteiger partial charge in [-0.2, -0.15) is 0 Å². The topological polar surface area (TPSA) is 17.3 Å².